The summed E-state index contributed by atoms with van der Waals surface area (Å²) in [6, 6.07) is 4.18. The van der Waals surface area contributed by atoms with Crippen LogP contribution >= 0.6 is 11.8 Å². The number of benzene rings is 1. The summed E-state index contributed by atoms with van der Waals surface area (Å²) in [7, 11) is 0. The van der Waals surface area contributed by atoms with E-state index in [1.54, 1.807) is 19.9 Å². The van der Waals surface area contributed by atoms with Crippen molar-refractivity contribution in [3.05, 3.63) is 39.4 Å². The minimum Gasteiger partial charge on any atom is -0.395 e. The molecule has 2 N–H and O–H groups in total. The van der Waals surface area contributed by atoms with Gasteiger partial charge in [0, 0.05) is 28.5 Å². The smallest absolute Gasteiger partial charge is 0.273 e. The number of aliphatic hydroxyl groups excluding tert-OH is 1. The third kappa shape index (κ3) is 3.71. The van der Waals surface area contributed by atoms with Crippen molar-refractivity contribution >= 4 is 23.4 Å². The third-order valence-corrected chi connectivity index (χ3v) is 4.31. The molecule has 1 aromatic rings. The highest BCUT2D eigenvalue weighted by Crippen LogP contribution is 2.21. The van der Waals surface area contributed by atoms with Crippen molar-refractivity contribution in [2.24, 2.45) is 0 Å². The van der Waals surface area contributed by atoms with Crippen LogP contribution in [0.1, 0.15) is 22.8 Å². The van der Waals surface area contributed by atoms with E-state index in [1.807, 2.05) is 6.26 Å². The Morgan fingerprint density at radius 3 is 2.70 bits per heavy atom. The fourth-order valence-electron chi connectivity index (χ4n) is 1.88. The number of hydrogen-bond donors (Lipinski definition) is 2. The molecule has 0 radical (unpaired) electrons. The molecule has 1 aromatic carbocycles. The Bertz CT molecular complexity index is 503. The van der Waals surface area contributed by atoms with Gasteiger partial charge in [-0.3, -0.25) is 14.9 Å². The van der Waals surface area contributed by atoms with Gasteiger partial charge < -0.3 is 10.4 Å². The van der Waals surface area contributed by atoms with Gasteiger partial charge in [0.25, 0.3) is 11.6 Å². The Labute approximate surface area is 121 Å². The molecule has 2 atom stereocenters. The van der Waals surface area contributed by atoms with Gasteiger partial charge in [-0.25, -0.2) is 0 Å². The molecule has 0 bridgehead atoms. The highest BCUT2D eigenvalue weighted by Gasteiger charge is 2.22. The van der Waals surface area contributed by atoms with Crippen LogP contribution in [0.5, 0.6) is 0 Å². The Hall–Kier alpha value is -1.60. The molecule has 0 fully saturated rings. The van der Waals surface area contributed by atoms with E-state index in [1.165, 1.54) is 23.9 Å². The molecule has 110 valence electrons. The zero-order chi connectivity index (χ0) is 15.3. The molecular weight excluding hydrogens is 280 g/mol. The fourth-order valence-corrected chi connectivity index (χ4v) is 2.51. The molecule has 0 aliphatic rings. The topological polar surface area (TPSA) is 92.5 Å². The van der Waals surface area contributed by atoms with Crippen LogP contribution in [0.15, 0.2) is 18.2 Å². The van der Waals surface area contributed by atoms with Gasteiger partial charge in [-0.1, -0.05) is 6.07 Å². The lowest BCUT2D eigenvalue weighted by molar-refractivity contribution is -0.385. The minimum atomic E-state index is -0.506. The van der Waals surface area contributed by atoms with Crippen molar-refractivity contribution in [3.63, 3.8) is 0 Å². The average Bonchev–Trinajstić information content (AvgIpc) is 2.39. The zero-order valence-corrected chi connectivity index (χ0v) is 12.4. The maximum atomic E-state index is 12.2. The number of carbonyl (C=O) groups excluding carboxylic acids is 1. The average molecular weight is 298 g/mol. The number of thioether (sulfide) groups is 1. The van der Waals surface area contributed by atoms with Crippen molar-refractivity contribution in [2.75, 3.05) is 12.9 Å². The summed E-state index contributed by atoms with van der Waals surface area (Å²) >= 11 is 1.45. The summed E-state index contributed by atoms with van der Waals surface area (Å²) in [5.74, 6) is -0.369. The van der Waals surface area contributed by atoms with Crippen LogP contribution in [0.4, 0.5) is 5.69 Å². The summed E-state index contributed by atoms with van der Waals surface area (Å²) in [6.07, 6.45) is 1.85. The van der Waals surface area contributed by atoms with Crippen molar-refractivity contribution in [3.8, 4) is 0 Å². The van der Waals surface area contributed by atoms with Gasteiger partial charge >= 0.3 is 0 Å². The van der Waals surface area contributed by atoms with E-state index in [0.29, 0.717) is 5.56 Å². The lowest BCUT2D eigenvalue weighted by atomic mass is 10.1. The summed E-state index contributed by atoms with van der Waals surface area (Å²) in [5.41, 5.74) is 0.546. The molecule has 20 heavy (non-hydrogen) atoms. The van der Waals surface area contributed by atoms with Gasteiger partial charge in [0.2, 0.25) is 0 Å². The summed E-state index contributed by atoms with van der Waals surface area (Å²) in [4.78, 5) is 22.5. The van der Waals surface area contributed by atoms with Gasteiger partial charge in [0.1, 0.15) is 0 Å². The van der Waals surface area contributed by atoms with E-state index < -0.39 is 4.92 Å². The molecule has 0 aliphatic heterocycles. The van der Waals surface area contributed by atoms with Crippen molar-refractivity contribution in [1.82, 2.24) is 5.32 Å². The molecular formula is C13H18N2O4S. The lowest BCUT2D eigenvalue weighted by Crippen LogP contribution is -2.41. The molecule has 0 aliphatic carbocycles. The Morgan fingerprint density at radius 2 is 2.20 bits per heavy atom. The van der Waals surface area contributed by atoms with E-state index in [9.17, 15) is 20.0 Å². The first-order valence-electron chi connectivity index (χ1n) is 6.10. The molecule has 0 aromatic heterocycles. The number of nitro groups is 1. The highest BCUT2D eigenvalue weighted by molar-refractivity contribution is 7.99. The van der Waals surface area contributed by atoms with Gasteiger partial charge in [0.05, 0.1) is 11.5 Å². The highest BCUT2D eigenvalue weighted by atomic mass is 32.2. The molecule has 1 amide bonds. The zero-order valence-electron chi connectivity index (χ0n) is 11.6. The molecule has 0 saturated heterocycles. The van der Waals surface area contributed by atoms with Crippen molar-refractivity contribution < 1.29 is 14.8 Å². The van der Waals surface area contributed by atoms with E-state index in [0.717, 1.165) is 0 Å². The number of aliphatic hydroxyl groups is 1. The molecule has 6 nitrogen and oxygen atoms in total. The number of rotatable bonds is 6. The second kappa shape index (κ2) is 7.25. The van der Waals surface area contributed by atoms with Crippen molar-refractivity contribution in [2.45, 2.75) is 25.1 Å². The van der Waals surface area contributed by atoms with Gasteiger partial charge in [-0.15, -0.1) is 0 Å². The van der Waals surface area contributed by atoms with Crippen LogP contribution < -0.4 is 5.32 Å². The van der Waals surface area contributed by atoms with Crippen LogP contribution in [0.3, 0.4) is 0 Å². The standard InChI is InChI=1S/C13H18N2O4S/c1-8-10(5-4-6-11(8)15(18)19)13(17)14-9(2)12(7-16)20-3/h4-6,9,12,16H,7H2,1-3H3,(H,14,17). The Morgan fingerprint density at radius 1 is 1.55 bits per heavy atom. The summed E-state index contributed by atoms with van der Waals surface area (Å²) in [5, 5.41) is 22.7. The molecule has 0 spiro atoms. The van der Waals surface area contributed by atoms with E-state index in [4.69, 9.17) is 0 Å². The van der Waals surface area contributed by atoms with Crippen LogP contribution in [-0.2, 0) is 0 Å². The maximum absolute atomic E-state index is 12.2. The predicted molar refractivity (Wildman–Crippen MR) is 79.2 cm³/mol. The van der Waals surface area contributed by atoms with Gasteiger partial charge in [-0.05, 0) is 26.2 Å². The maximum Gasteiger partial charge on any atom is 0.273 e. The molecule has 0 saturated carbocycles. The minimum absolute atomic E-state index is 0.0451. The van der Waals surface area contributed by atoms with E-state index in [-0.39, 0.29) is 35.1 Å². The molecule has 7 heteroatoms. The second-order valence-corrected chi connectivity index (χ2v) is 5.50. The van der Waals surface area contributed by atoms with Crippen LogP contribution in [-0.4, -0.2) is 40.1 Å². The first-order chi connectivity index (χ1) is 9.42. The molecule has 2 unspecified atom stereocenters. The Kier molecular flexibility index (Phi) is 5.97. The van der Waals surface area contributed by atoms with E-state index >= 15 is 0 Å². The molecule has 0 heterocycles. The normalized spacial score (nSPS) is 13.6. The number of amides is 1. The van der Waals surface area contributed by atoms with Crippen LogP contribution in [0.25, 0.3) is 0 Å². The van der Waals surface area contributed by atoms with E-state index in [2.05, 4.69) is 5.32 Å². The summed E-state index contributed by atoms with van der Waals surface area (Å²) in [6.45, 7) is 3.30. The predicted octanol–water partition coefficient (Wildman–Crippen LogP) is 1.75. The van der Waals surface area contributed by atoms with Gasteiger partial charge in [-0.2, -0.15) is 11.8 Å². The fraction of sp³-hybridized carbons (Fsp3) is 0.462. The van der Waals surface area contributed by atoms with Gasteiger partial charge in [0.15, 0.2) is 0 Å². The monoisotopic (exact) mass is 298 g/mol. The Balaban J connectivity index is 2.93. The van der Waals surface area contributed by atoms with Crippen molar-refractivity contribution in [1.29, 1.82) is 0 Å². The largest absolute Gasteiger partial charge is 0.395 e. The third-order valence-electron chi connectivity index (χ3n) is 3.15. The number of hydrogen-bond acceptors (Lipinski definition) is 5. The van der Waals surface area contributed by atoms with Crippen LogP contribution in [0.2, 0.25) is 0 Å². The number of nitrogens with zero attached hydrogens (tertiary/aromatic N) is 1. The quantitative estimate of drug-likeness (QED) is 0.616. The first kappa shape index (κ1) is 16.5. The number of nitrogens with one attached hydrogen (secondary N) is 1. The first-order valence-corrected chi connectivity index (χ1v) is 7.39. The number of carbonyl (C=O) groups is 1. The lowest BCUT2D eigenvalue weighted by Gasteiger charge is -2.21. The van der Waals surface area contributed by atoms with Crippen LogP contribution in [0, 0.1) is 17.0 Å². The second-order valence-electron chi connectivity index (χ2n) is 4.43. The number of nitro benzene ring substituents is 1. The molecule has 1 rings (SSSR count). The SMILES string of the molecule is CSC(CO)C(C)NC(=O)c1cccc([N+](=O)[O-])c1C. The summed E-state index contributed by atoms with van der Waals surface area (Å²) < 4.78 is 0.